The Morgan fingerprint density at radius 3 is 2.55 bits per heavy atom. The van der Waals surface area contributed by atoms with Crippen LogP contribution in [-0.4, -0.2) is 16.2 Å². The van der Waals surface area contributed by atoms with Crippen molar-refractivity contribution in [2.24, 2.45) is 0 Å². The minimum Gasteiger partial charge on any atom is -0.481 e. The number of halogens is 3. The number of thiophene rings is 1. The Bertz CT molecular complexity index is 1330. The largest absolute Gasteiger partial charge is 0.481 e. The molecule has 0 aliphatic rings. The van der Waals surface area contributed by atoms with Crippen molar-refractivity contribution in [1.29, 1.82) is 0 Å². The van der Waals surface area contributed by atoms with Crippen LogP contribution in [0.2, 0.25) is 0 Å². The highest BCUT2D eigenvalue weighted by Gasteiger charge is 2.31. The number of fused-ring (bicyclic) bond motifs is 2. The van der Waals surface area contributed by atoms with E-state index in [2.05, 4.69) is 19.0 Å². The van der Waals surface area contributed by atoms with Crippen molar-refractivity contribution < 1.29 is 27.6 Å². The Balaban J connectivity index is 1.63. The number of alkyl halides is 3. The van der Waals surface area contributed by atoms with Gasteiger partial charge in [-0.1, -0.05) is 25.1 Å². The molecule has 4 nitrogen and oxygen atoms in total. The number of aromatic nitrogens is 1. The molecule has 0 spiro atoms. The number of carboxylic acid groups (broad SMARTS) is 1. The van der Waals surface area contributed by atoms with Crippen molar-refractivity contribution >= 4 is 38.4 Å². The fourth-order valence-corrected chi connectivity index (χ4v) is 5.67. The third kappa shape index (κ3) is 4.76. The lowest BCUT2D eigenvalue weighted by atomic mass is 9.96. The Labute approximate surface area is 193 Å². The summed E-state index contributed by atoms with van der Waals surface area (Å²) in [5.74, 6) is -0.669. The average Bonchev–Trinajstić information content (AvgIpc) is 3.29. The fourth-order valence-electron chi connectivity index (χ4n) is 4.27. The predicted molar refractivity (Wildman–Crippen MR) is 123 cm³/mol. The number of carbonyl (C=O) groups is 1. The van der Waals surface area contributed by atoms with E-state index in [-0.39, 0.29) is 12.3 Å². The van der Waals surface area contributed by atoms with Crippen molar-refractivity contribution in [3.63, 3.8) is 0 Å². The number of hydrogen-bond donors (Lipinski definition) is 1. The quantitative estimate of drug-likeness (QED) is 0.305. The fraction of sp³-hybridized carbons (Fsp3) is 0.360. The van der Waals surface area contributed by atoms with Crippen molar-refractivity contribution in [3.8, 4) is 0 Å². The summed E-state index contributed by atoms with van der Waals surface area (Å²) in [6, 6.07) is 7.80. The zero-order valence-corrected chi connectivity index (χ0v) is 19.4. The highest BCUT2D eigenvalue weighted by atomic mass is 32.1. The molecular formula is C25H24F3NO3S. The molecule has 0 radical (unpaired) electrons. The van der Waals surface area contributed by atoms with E-state index in [1.807, 2.05) is 19.1 Å². The van der Waals surface area contributed by atoms with Gasteiger partial charge in [-0.3, -0.25) is 4.79 Å². The molecule has 0 aliphatic heterocycles. The van der Waals surface area contributed by atoms with Crippen molar-refractivity contribution in [3.05, 3.63) is 63.2 Å². The monoisotopic (exact) mass is 475 g/mol. The maximum atomic E-state index is 13.2. The second kappa shape index (κ2) is 8.82. The zero-order valence-electron chi connectivity index (χ0n) is 18.5. The summed E-state index contributed by atoms with van der Waals surface area (Å²) < 4.78 is 45.7. The molecule has 0 amide bonds. The Morgan fingerprint density at radius 1 is 1.12 bits per heavy atom. The third-order valence-electron chi connectivity index (χ3n) is 5.91. The lowest BCUT2D eigenvalue weighted by Gasteiger charge is -2.09. The third-order valence-corrected chi connectivity index (χ3v) is 7.14. The van der Waals surface area contributed by atoms with Gasteiger partial charge in [-0.05, 0) is 78.4 Å². The summed E-state index contributed by atoms with van der Waals surface area (Å²) in [6.45, 7) is 6.04. The molecule has 4 rings (SSSR count). The number of carboxylic acids is 1. The zero-order chi connectivity index (χ0) is 23.9. The van der Waals surface area contributed by atoms with Gasteiger partial charge >= 0.3 is 12.1 Å². The van der Waals surface area contributed by atoms with Crippen LogP contribution in [0, 0.1) is 6.92 Å². The minimum atomic E-state index is -4.36. The van der Waals surface area contributed by atoms with E-state index in [1.54, 1.807) is 6.07 Å². The van der Waals surface area contributed by atoms with E-state index in [9.17, 15) is 18.0 Å². The van der Waals surface area contributed by atoms with Crippen LogP contribution < -0.4 is 0 Å². The summed E-state index contributed by atoms with van der Waals surface area (Å²) in [5, 5.41) is 14.9. The summed E-state index contributed by atoms with van der Waals surface area (Å²) in [6.07, 6.45) is -2.65. The summed E-state index contributed by atoms with van der Waals surface area (Å²) in [7, 11) is 0. The van der Waals surface area contributed by atoms with Crippen LogP contribution in [0.3, 0.4) is 0 Å². The number of aliphatic carboxylic acids is 1. The molecule has 2 aromatic carbocycles. The van der Waals surface area contributed by atoms with Crippen molar-refractivity contribution in [2.45, 2.75) is 58.5 Å². The van der Waals surface area contributed by atoms with Crippen molar-refractivity contribution in [1.82, 2.24) is 5.16 Å². The maximum absolute atomic E-state index is 13.2. The number of nitrogens with zero attached hydrogens (tertiary/aromatic N) is 1. The first-order chi connectivity index (χ1) is 15.5. The molecule has 2 aromatic heterocycles. The Hall–Kier alpha value is -2.87. The molecule has 0 saturated heterocycles. The van der Waals surface area contributed by atoms with Crippen LogP contribution in [0.25, 0.3) is 21.1 Å². The van der Waals surface area contributed by atoms with Crippen molar-refractivity contribution in [2.75, 3.05) is 0 Å². The van der Waals surface area contributed by atoms with Gasteiger partial charge < -0.3 is 9.63 Å². The molecule has 0 unspecified atom stereocenters. The van der Waals surface area contributed by atoms with E-state index >= 15 is 0 Å². The second-order valence-corrected chi connectivity index (χ2v) is 9.74. The molecular weight excluding hydrogens is 451 g/mol. The van der Waals surface area contributed by atoms with Gasteiger partial charge in [0.25, 0.3) is 0 Å². The van der Waals surface area contributed by atoms with E-state index < -0.39 is 17.7 Å². The topological polar surface area (TPSA) is 63.3 Å². The van der Waals surface area contributed by atoms with Gasteiger partial charge in [-0.15, -0.1) is 11.3 Å². The maximum Gasteiger partial charge on any atom is 0.416 e. The molecule has 0 saturated carbocycles. The molecule has 0 fully saturated rings. The second-order valence-electron chi connectivity index (χ2n) is 8.60. The molecule has 4 aromatic rings. The molecule has 0 aliphatic carbocycles. The normalized spacial score (nSPS) is 12.3. The Morgan fingerprint density at radius 2 is 1.88 bits per heavy atom. The van der Waals surface area contributed by atoms with E-state index in [0.29, 0.717) is 29.5 Å². The Kier molecular flexibility index (Phi) is 6.22. The van der Waals surface area contributed by atoms with Crippen LogP contribution in [0.15, 0.2) is 34.9 Å². The van der Waals surface area contributed by atoms with E-state index in [4.69, 9.17) is 9.63 Å². The predicted octanol–water partition coefficient (Wildman–Crippen LogP) is 7.30. The smallest absolute Gasteiger partial charge is 0.416 e. The standard InChI is InChI=1S/C25H24F3NO3S/c1-13(2)24-17-6-5-16(25(26,27)28)12-22(17)33-21(24)8-7-19-18-10-14(3)15(4-9-23(30)31)11-20(18)32-29-19/h5-6,10-13H,4,7-9H2,1-3H3,(H,30,31). The lowest BCUT2D eigenvalue weighted by Crippen LogP contribution is -2.03. The van der Waals surface area contributed by atoms with Crippen LogP contribution in [0.1, 0.15) is 59.0 Å². The summed E-state index contributed by atoms with van der Waals surface area (Å²) in [5.41, 5.74) is 3.77. The van der Waals surface area contributed by atoms with E-state index in [1.165, 1.54) is 17.4 Å². The first-order valence-corrected chi connectivity index (χ1v) is 11.6. The number of hydrogen-bond acceptors (Lipinski definition) is 4. The highest BCUT2D eigenvalue weighted by Crippen LogP contribution is 2.40. The SMILES string of the molecule is Cc1cc2c(CCc3sc4cc(C(F)(F)F)ccc4c3C(C)C)noc2cc1CCC(=O)O. The summed E-state index contributed by atoms with van der Waals surface area (Å²) >= 11 is 1.41. The van der Waals surface area contributed by atoms with E-state index in [0.717, 1.165) is 44.1 Å². The highest BCUT2D eigenvalue weighted by molar-refractivity contribution is 7.19. The number of rotatable bonds is 7. The number of aryl methyl sites for hydroxylation is 4. The summed E-state index contributed by atoms with van der Waals surface area (Å²) in [4.78, 5) is 11.9. The molecule has 33 heavy (non-hydrogen) atoms. The molecule has 0 atom stereocenters. The van der Waals surface area contributed by atoms with Gasteiger partial charge in [0.1, 0.15) is 0 Å². The van der Waals surface area contributed by atoms with Gasteiger partial charge in [0.15, 0.2) is 5.58 Å². The van der Waals surface area contributed by atoms with Gasteiger partial charge in [-0.25, -0.2) is 0 Å². The van der Waals surface area contributed by atoms with Gasteiger partial charge in [-0.2, -0.15) is 13.2 Å². The molecule has 174 valence electrons. The van der Waals surface area contributed by atoms with Crippen LogP contribution in [-0.2, 0) is 30.2 Å². The van der Waals surface area contributed by atoms with Gasteiger partial charge in [0.05, 0.1) is 11.3 Å². The first-order valence-electron chi connectivity index (χ1n) is 10.8. The van der Waals surface area contributed by atoms with Crippen LogP contribution >= 0.6 is 11.3 Å². The average molecular weight is 476 g/mol. The van der Waals surface area contributed by atoms with Crippen LogP contribution in [0.4, 0.5) is 13.2 Å². The molecule has 8 heteroatoms. The lowest BCUT2D eigenvalue weighted by molar-refractivity contribution is -0.138. The van der Waals surface area contributed by atoms with Gasteiger partial charge in [0, 0.05) is 21.4 Å². The first kappa shape index (κ1) is 23.3. The van der Waals surface area contributed by atoms with Gasteiger partial charge in [0.2, 0.25) is 0 Å². The molecule has 1 N–H and O–H groups in total. The molecule has 2 heterocycles. The number of benzene rings is 2. The minimum absolute atomic E-state index is 0.0489. The van der Waals surface area contributed by atoms with Crippen LogP contribution in [0.5, 0.6) is 0 Å². The molecule has 0 bridgehead atoms.